The molecule has 5 nitrogen and oxygen atoms in total. The lowest BCUT2D eigenvalue weighted by atomic mass is 10.1. The van der Waals surface area contributed by atoms with Gasteiger partial charge in [-0.3, -0.25) is 9.89 Å². The maximum absolute atomic E-state index is 10.4. The summed E-state index contributed by atoms with van der Waals surface area (Å²) in [6.07, 6.45) is 5.11. The number of likely N-dealkylation sites (tertiary alicyclic amines) is 1. The molecule has 0 radical (unpaired) electrons. The van der Waals surface area contributed by atoms with Crippen molar-refractivity contribution in [3.05, 3.63) is 47.5 Å². The summed E-state index contributed by atoms with van der Waals surface area (Å²) in [7, 11) is 0. The van der Waals surface area contributed by atoms with Gasteiger partial charge in [0.15, 0.2) is 5.96 Å². The molecule has 2 N–H and O–H groups in total. The Kier molecular flexibility index (Phi) is 6.10. The van der Waals surface area contributed by atoms with Gasteiger partial charge in [0.2, 0.25) is 0 Å². The zero-order valence-corrected chi connectivity index (χ0v) is 15.4. The van der Waals surface area contributed by atoms with Crippen molar-refractivity contribution >= 4 is 5.96 Å². The Balaban J connectivity index is 1.60. The molecule has 0 amide bonds. The van der Waals surface area contributed by atoms with Crippen molar-refractivity contribution in [3.63, 3.8) is 0 Å². The Labute approximate surface area is 151 Å². The third kappa shape index (κ3) is 4.61. The van der Waals surface area contributed by atoms with E-state index in [-0.39, 0.29) is 0 Å². The Bertz CT molecular complexity index is 603. The van der Waals surface area contributed by atoms with E-state index in [0.717, 1.165) is 44.2 Å². The van der Waals surface area contributed by atoms with E-state index >= 15 is 0 Å². The third-order valence-corrected chi connectivity index (χ3v) is 5.04. The summed E-state index contributed by atoms with van der Waals surface area (Å²) >= 11 is 0. The van der Waals surface area contributed by atoms with Crippen LogP contribution < -0.4 is 5.32 Å². The highest BCUT2D eigenvalue weighted by atomic mass is 16.3. The van der Waals surface area contributed by atoms with Crippen molar-refractivity contribution in [1.82, 2.24) is 15.1 Å². The number of nitrogens with zero attached hydrogens (tertiary/aromatic N) is 3. The Morgan fingerprint density at radius 3 is 2.68 bits per heavy atom. The van der Waals surface area contributed by atoms with Crippen LogP contribution in [0.2, 0.25) is 0 Å². The van der Waals surface area contributed by atoms with Gasteiger partial charge in [0.05, 0.1) is 12.6 Å². The monoisotopic (exact) mass is 342 g/mol. The largest absolute Gasteiger partial charge is 0.386 e. The summed E-state index contributed by atoms with van der Waals surface area (Å²) in [4.78, 5) is 9.55. The first-order valence-corrected chi connectivity index (χ1v) is 9.34. The number of rotatable bonds is 5. The third-order valence-electron chi connectivity index (χ3n) is 5.04. The summed E-state index contributed by atoms with van der Waals surface area (Å²) in [5, 5.41) is 13.8. The second-order valence-electron chi connectivity index (χ2n) is 6.93. The van der Waals surface area contributed by atoms with Gasteiger partial charge in [-0.1, -0.05) is 42.0 Å². The molecule has 2 atom stereocenters. The zero-order valence-electron chi connectivity index (χ0n) is 15.4. The Morgan fingerprint density at radius 2 is 2.00 bits per heavy atom. The van der Waals surface area contributed by atoms with E-state index in [1.165, 1.54) is 12.0 Å². The maximum atomic E-state index is 10.4. The summed E-state index contributed by atoms with van der Waals surface area (Å²) in [5.74, 6) is 0.920. The average Bonchev–Trinajstić information content (AvgIpc) is 3.30. The van der Waals surface area contributed by atoms with Crippen molar-refractivity contribution in [1.29, 1.82) is 0 Å². The molecule has 0 bridgehead atoms. The lowest BCUT2D eigenvalue weighted by Crippen LogP contribution is -2.43. The molecule has 0 spiro atoms. The molecule has 0 aliphatic carbocycles. The van der Waals surface area contributed by atoms with Gasteiger partial charge in [-0.05, 0) is 25.8 Å². The van der Waals surface area contributed by atoms with Crippen LogP contribution in [0, 0.1) is 6.92 Å². The van der Waals surface area contributed by atoms with Crippen LogP contribution in [0.3, 0.4) is 0 Å². The van der Waals surface area contributed by atoms with Crippen LogP contribution in [-0.4, -0.2) is 66.2 Å². The highest BCUT2D eigenvalue weighted by Crippen LogP contribution is 2.19. The van der Waals surface area contributed by atoms with Gasteiger partial charge < -0.3 is 15.3 Å². The first-order chi connectivity index (χ1) is 12.2. The topological polar surface area (TPSA) is 51.1 Å². The second kappa shape index (κ2) is 8.50. The van der Waals surface area contributed by atoms with Gasteiger partial charge in [-0.25, -0.2) is 0 Å². The fourth-order valence-electron chi connectivity index (χ4n) is 3.52. The number of aliphatic hydroxyl groups is 1. The van der Waals surface area contributed by atoms with Gasteiger partial charge in [-0.2, -0.15) is 0 Å². The van der Waals surface area contributed by atoms with E-state index in [1.54, 1.807) is 0 Å². The fourth-order valence-corrected chi connectivity index (χ4v) is 3.52. The quantitative estimate of drug-likeness (QED) is 0.488. The number of aliphatic hydroxyl groups excluding tert-OH is 1. The highest BCUT2D eigenvalue weighted by molar-refractivity contribution is 5.80. The molecular weight excluding hydrogens is 312 g/mol. The van der Waals surface area contributed by atoms with Crippen LogP contribution in [0.4, 0.5) is 0 Å². The fraction of sp³-hybridized carbons (Fsp3) is 0.550. The van der Waals surface area contributed by atoms with Gasteiger partial charge in [0, 0.05) is 38.8 Å². The van der Waals surface area contributed by atoms with E-state index in [9.17, 15) is 5.11 Å². The van der Waals surface area contributed by atoms with Crippen molar-refractivity contribution in [2.24, 2.45) is 4.99 Å². The molecule has 25 heavy (non-hydrogen) atoms. The molecule has 2 unspecified atom stereocenters. The number of aliphatic imine (C=N–C) groups is 1. The molecule has 2 heterocycles. The second-order valence-corrected chi connectivity index (χ2v) is 6.93. The van der Waals surface area contributed by atoms with Gasteiger partial charge in [-0.15, -0.1) is 0 Å². The molecule has 1 saturated heterocycles. The summed E-state index contributed by atoms with van der Waals surface area (Å²) in [6.45, 7) is 9.53. The molecule has 1 fully saturated rings. The maximum Gasteiger partial charge on any atom is 0.194 e. The van der Waals surface area contributed by atoms with Crippen molar-refractivity contribution in [3.8, 4) is 0 Å². The first kappa shape index (κ1) is 18.0. The predicted molar refractivity (Wildman–Crippen MR) is 103 cm³/mol. The predicted octanol–water partition coefficient (Wildman–Crippen LogP) is 1.94. The summed E-state index contributed by atoms with van der Waals surface area (Å²) in [6, 6.07) is 8.62. The molecule has 136 valence electrons. The SMILES string of the molecule is CCNC(=NCC(O)c1ccc(C)cc1)N1CCC(N2CC=CC2)C1. The van der Waals surface area contributed by atoms with E-state index in [4.69, 9.17) is 4.99 Å². The van der Waals surface area contributed by atoms with Gasteiger partial charge >= 0.3 is 0 Å². The number of guanidine groups is 1. The molecule has 3 rings (SSSR count). The molecule has 5 heteroatoms. The molecule has 0 saturated carbocycles. The number of aryl methyl sites for hydroxylation is 1. The first-order valence-electron chi connectivity index (χ1n) is 9.34. The van der Waals surface area contributed by atoms with Crippen LogP contribution in [0.25, 0.3) is 0 Å². The van der Waals surface area contributed by atoms with E-state index in [0.29, 0.717) is 12.6 Å². The average molecular weight is 342 g/mol. The van der Waals surface area contributed by atoms with Crippen LogP contribution in [-0.2, 0) is 0 Å². The minimum Gasteiger partial charge on any atom is -0.386 e. The molecule has 2 aliphatic rings. The molecular formula is C20H30N4O. The Morgan fingerprint density at radius 1 is 1.28 bits per heavy atom. The van der Waals surface area contributed by atoms with Gasteiger partial charge in [0.1, 0.15) is 0 Å². The lowest BCUT2D eigenvalue weighted by Gasteiger charge is -2.25. The lowest BCUT2D eigenvalue weighted by molar-refractivity contribution is 0.186. The van der Waals surface area contributed by atoms with Crippen LogP contribution >= 0.6 is 0 Å². The smallest absolute Gasteiger partial charge is 0.194 e. The number of hydrogen-bond acceptors (Lipinski definition) is 3. The summed E-state index contributed by atoms with van der Waals surface area (Å²) < 4.78 is 0. The van der Waals surface area contributed by atoms with E-state index in [1.807, 2.05) is 24.3 Å². The van der Waals surface area contributed by atoms with Crippen LogP contribution in [0.15, 0.2) is 41.4 Å². The van der Waals surface area contributed by atoms with Crippen LogP contribution in [0.1, 0.15) is 30.6 Å². The minimum absolute atomic E-state index is 0.387. The zero-order chi connectivity index (χ0) is 17.6. The van der Waals surface area contributed by atoms with Crippen molar-refractivity contribution in [2.45, 2.75) is 32.4 Å². The van der Waals surface area contributed by atoms with Gasteiger partial charge in [0.25, 0.3) is 0 Å². The molecule has 0 aromatic heterocycles. The highest BCUT2D eigenvalue weighted by Gasteiger charge is 2.29. The van der Waals surface area contributed by atoms with E-state index < -0.39 is 6.10 Å². The molecule has 1 aromatic rings. The van der Waals surface area contributed by atoms with Crippen LogP contribution in [0.5, 0.6) is 0 Å². The normalized spacial score (nSPS) is 22.6. The van der Waals surface area contributed by atoms with E-state index in [2.05, 4.69) is 41.1 Å². The van der Waals surface area contributed by atoms with Crippen molar-refractivity contribution < 1.29 is 5.11 Å². The summed E-state index contributed by atoms with van der Waals surface area (Å²) in [5.41, 5.74) is 2.12. The molecule has 2 aliphatic heterocycles. The standard InChI is InChI=1S/C20H30N4O/c1-3-21-20(22-14-19(25)17-8-6-16(2)7-9-17)24-13-10-18(15-24)23-11-4-5-12-23/h4-9,18-19,25H,3,10-15H2,1-2H3,(H,21,22). The number of nitrogens with one attached hydrogen (secondary N) is 1. The minimum atomic E-state index is -0.560. The Hall–Kier alpha value is -1.85. The number of benzene rings is 1. The number of hydrogen-bond donors (Lipinski definition) is 2. The molecule has 1 aromatic carbocycles. The van der Waals surface area contributed by atoms with Crippen molar-refractivity contribution in [2.75, 3.05) is 39.3 Å².